The predicted octanol–water partition coefficient (Wildman–Crippen LogP) is 4.76. The zero-order valence-corrected chi connectivity index (χ0v) is 22.0. The zero-order valence-electron chi connectivity index (χ0n) is 20.4. The molecule has 0 aliphatic carbocycles. The standard InChI is InChI=1S/C25H32ClN5O3S/c1-4-21(29-23-28-14-20(26)35-23)31-16-25(11-12-30(15-25)24(33)27-3)18-13-17(9-10-19(18)31)7-6-8-22(32)34-5-2/h4,9-10,13-14H,5-8,11-12,15-16H2,1-3H3,(H,27,33)(H,28,29). The molecule has 35 heavy (non-hydrogen) atoms. The summed E-state index contributed by atoms with van der Waals surface area (Å²) in [6, 6.07) is 6.51. The monoisotopic (exact) mass is 517 g/mol. The van der Waals surface area contributed by atoms with Gasteiger partial charge in [-0.2, -0.15) is 0 Å². The van der Waals surface area contributed by atoms with Crippen molar-refractivity contribution in [1.29, 1.82) is 0 Å². The number of esters is 1. The number of aryl methyl sites for hydroxylation is 1. The fraction of sp³-hybridized carbons (Fsp3) is 0.480. The smallest absolute Gasteiger partial charge is 0.317 e. The number of halogens is 1. The molecule has 188 valence electrons. The van der Waals surface area contributed by atoms with Crippen molar-refractivity contribution >= 4 is 45.8 Å². The number of rotatable bonds is 8. The summed E-state index contributed by atoms with van der Waals surface area (Å²) in [5.41, 5.74) is 3.39. The molecule has 2 N–H and O–H groups in total. The van der Waals surface area contributed by atoms with E-state index in [0.29, 0.717) is 30.5 Å². The average Bonchev–Trinajstić information content (AvgIpc) is 3.55. The van der Waals surface area contributed by atoms with E-state index in [-0.39, 0.29) is 17.4 Å². The van der Waals surface area contributed by atoms with E-state index in [9.17, 15) is 9.59 Å². The second kappa shape index (κ2) is 10.9. The number of hydrogen-bond donors (Lipinski definition) is 2. The van der Waals surface area contributed by atoms with Crippen molar-refractivity contribution in [2.24, 2.45) is 0 Å². The Balaban J connectivity index is 1.61. The number of thiazole rings is 1. The normalized spacial score (nSPS) is 19.3. The molecule has 0 bridgehead atoms. The number of hydrogen-bond acceptors (Lipinski definition) is 7. The van der Waals surface area contributed by atoms with Gasteiger partial charge in [-0.3, -0.25) is 4.79 Å². The molecule has 2 aliphatic rings. The highest BCUT2D eigenvalue weighted by Gasteiger charge is 2.49. The van der Waals surface area contributed by atoms with Crippen molar-refractivity contribution in [1.82, 2.24) is 15.2 Å². The maximum absolute atomic E-state index is 12.4. The summed E-state index contributed by atoms with van der Waals surface area (Å²) < 4.78 is 5.69. The lowest BCUT2D eigenvalue weighted by Gasteiger charge is -2.27. The Morgan fingerprint density at radius 2 is 2.17 bits per heavy atom. The van der Waals surface area contributed by atoms with Gasteiger partial charge in [-0.1, -0.05) is 35.1 Å². The third kappa shape index (κ3) is 5.41. The van der Waals surface area contributed by atoms with Crippen molar-refractivity contribution < 1.29 is 14.3 Å². The summed E-state index contributed by atoms with van der Waals surface area (Å²) >= 11 is 7.49. The number of carbonyl (C=O) groups is 2. The van der Waals surface area contributed by atoms with Crippen LogP contribution < -0.4 is 15.5 Å². The summed E-state index contributed by atoms with van der Waals surface area (Å²) in [5, 5.41) is 6.92. The quantitative estimate of drug-likeness (QED) is 0.491. The third-order valence-electron chi connectivity index (χ3n) is 6.67. The molecule has 3 heterocycles. The number of aromatic nitrogens is 1. The van der Waals surface area contributed by atoms with E-state index >= 15 is 0 Å². The van der Waals surface area contributed by atoms with Gasteiger partial charge in [0.2, 0.25) is 0 Å². The number of nitrogens with one attached hydrogen (secondary N) is 2. The lowest BCUT2D eigenvalue weighted by atomic mass is 9.80. The molecular weight excluding hydrogens is 486 g/mol. The van der Waals surface area contributed by atoms with E-state index < -0.39 is 0 Å². The molecule has 1 fully saturated rings. The molecule has 1 saturated heterocycles. The van der Waals surface area contributed by atoms with Crippen LogP contribution in [0.2, 0.25) is 4.34 Å². The van der Waals surface area contributed by atoms with Crippen LogP contribution >= 0.6 is 22.9 Å². The van der Waals surface area contributed by atoms with Gasteiger partial charge in [0.1, 0.15) is 10.2 Å². The van der Waals surface area contributed by atoms with Crippen LogP contribution in [0.25, 0.3) is 0 Å². The van der Waals surface area contributed by atoms with Gasteiger partial charge in [-0.05, 0) is 56.4 Å². The van der Waals surface area contributed by atoms with Crippen molar-refractivity contribution in [3.63, 3.8) is 0 Å². The van der Waals surface area contributed by atoms with Gasteiger partial charge in [-0.25, -0.2) is 9.78 Å². The van der Waals surface area contributed by atoms with E-state index in [1.54, 1.807) is 13.2 Å². The molecule has 10 heteroatoms. The van der Waals surface area contributed by atoms with Crippen molar-refractivity contribution in [3.05, 3.63) is 51.8 Å². The Kier molecular flexibility index (Phi) is 7.86. The van der Waals surface area contributed by atoms with Crippen molar-refractivity contribution in [2.45, 2.75) is 44.9 Å². The second-order valence-electron chi connectivity index (χ2n) is 8.87. The van der Waals surface area contributed by atoms with Crippen LogP contribution in [0.4, 0.5) is 15.6 Å². The van der Waals surface area contributed by atoms with Crippen LogP contribution in [0.15, 0.2) is 36.3 Å². The van der Waals surface area contributed by atoms with Crippen LogP contribution in [0.5, 0.6) is 0 Å². The first kappa shape index (κ1) is 25.3. The van der Waals surface area contributed by atoms with Crippen LogP contribution in [-0.2, 0) is 21.4 Å². The van der Waals surface area contributed by atoms with E-state index in [4.69, 9.17) is 16.3 Å². The van der Waals surface area contributed by atoms with Crippen LogP contribution in [0, 0.1) is 0 Å². The molecule has 1 atom stereocenters. The van der Waals surface area contributed by atoms with Gasteiger partial charge in [-0.15, -0.1) is 0 Å². The number of urea groups is 1. The number of nitrogens with zero attached hydrogens (tertiary/aromatic N) is 3. The first-order valence-corrected chi connectivity index (χ1v) is 13.2. The molecule has 2 aromatic rings. The van der Waals surface area contributed by atoms with Gasteiger partial charge in [0.05, 0.1) is 12.8 Å². The fourth-order valence-electron chi connectivity index (χ4n) is 5.03. The lowest BCUT2D eigenvalue weighted by Crippen LogP contribution is -2.41. The highest BCUT2D eigenvalue weighted by Crippen LogP contribution is 2.48. The number of amides is 2. The van der Waals surface area contributed by atoms with E-state index in [1.165, 1.54) is 22.5 Å². The summed E-state index contributed by atoms with van der Waals surface area (Å²) in [7, 11) is 1.67. The number of likely N-dealkylation sites (tertiary alicyclic amines) is 1. The van der Waals surface area contributed by atoms with E-state index in [1.807, 2.05) is 24.8 Å². The van der Waals surface area contributed by atoms with Crippen LogP contribution in [-0.4, -0.2) is 55.2 Å². The van der Waals surface area contributed by atoms with Gasteiger partial charge >= 0.3 is 12.0 Å². The van der Waals surface area contributed by atoms with Crippen molar-refractivity contribution in [2.75, 3.05) is 43.5 Å². The average molecular weight is 518 g/mol. The number of fused-ring (bicyclic) bond motifs is 2. The number of benzene rings is 1. The van der Waals surface area contributed by atoms with E-state index in [2.05, 4.69) is 38.7 Å². The molecule has 2 amide bonds. The topological polar surface area (TPSA) is 86.8 Å². The summed E-state index contributed by atoms with van der Waals surface area (Å²) in [5.74, 6) is 0.780. The van der Waals surface area contributed by atoms with Gasteiger partial charge in [0.25, 0.3) is 0 Å². The second-order valence-corrected chi connectivity index (χ2v) is 10.5. The zero-order chi connectivity index (χ0) is 25.0. The highest BCUT2D eigenvalue weighted by atomic mass is 35.5. The number of carbonyl (C=O) groups excluding carboxylic acids is 2. The third-order valence-corrected chi connectivity index (χ3v) is 7.70. The fourth-order valence-corrected chi connectivity index (χ4v) is 5.85. The van der Waals surface area contributed by atoms with E-state index in [0.717, 1.165) is 42.4 Å². The Morgan fingerprint density at radius 1 is 1.34 bits per heavy atom. The lowest BCUT2D eigenvalue weighted by molar-refractivity contribution is -0.143. The first-order valence-electron chi connectivity index (χ1n) is 12.0. The number of anilines is 2. The highest BCUT2D eigenvalue weighted by molar-refractivity contribution is 7.19. The molecule has 1 aromatic heterocycles. The minimum Gasteiger partial charge on any atom is -0.466 e. The molecule has 0 saturated carbocycles. The molecule has 4 rings (SSSR count). The largest absolute Gasteiger partial charge is 0.466 e. The van der Waals surface area contributed by atoms with Gasteiger partial charge < -0.3 is 25.2 Å². The molecule has 2 aliphatic heterocycles. The first-order chi connectivity index (χ1) is 16.9. The molecule has 1 spiro atoms. The maximum atomic E-state index is 12.4. The Morgan fingerprint density at radius 3 is 2.86 bits per heavy atom. The summed E-state index contributed by atoms with van der Waals surface area (Å²) in [6.07, 6.45) is 6.52. The molecule has 1 aromatic carbocycles. The summed E-state index contributed by atoms with van der Waals surface area (Å²) in [4.78, 5) is 32.7. The molecule has 1 unspecified atom stereocenters. The minimum atomic E-state index is -0.171. The predicted molar refractivity (Wildman–Crippen MR) is 140 cm³/mol. The summed E-state index contributed by atoms with van der Waals surface area (Å²) in [6.45, 7) is 6.35. The molecule has 8 nitrogen and oxygen atoms in total. The minimum absolute atomic E-state index is 0.0470. The number of ether oxygens (including phenoxy) is 1. The maximum Gasteiger partial charge on any atom is 0.317 e. The van der Waals surface area contributed by atoms with Crippen LogP contribution in [0.1, 0.15) is 44.2 Å². The van der Waals surface area contributed by atoms with Gasteiger partial charge in [0.15, 0.2) is 5.13 Å². The van der Waals surface area contributed by atoms with Crippen LogP contribution in [0.3, 0.4) is 0 Å². The Bertz CT molecular complexity index is 1120. The Hall–Kier alpha value is -2.78. The van der Waals surface area contributed by atoms with Crippen molar-refractivity contribution in [3.8, 4) is 0 Å². The number of allylic oxidation sites excluding steroid dienone is 1. The molecular formula is C25H32ClN5O3S. The van der Waals surface area contributed by atoms with Gasteiger partial charge in [0, 0.05) is 44.2 Å². The Labute approximate surface area is 215 Å². The molecule has 0 radical (unpaired) electrons. The SMILES string of the molecule is CC=C(Nc1ncc(Cl)s1)N1CC2(CCN(C(=O)NC)C2)c2cc(CCCC(=O)OCC)ccc21.